The summed E-state index contributed by atoms with van der Waals surface area (Å²) in [5, 5.41) is 2.45. The van der Waals surface area contributed by atoms with Gasteiger partial charge in [-0.1, -0.05) is 35.9 Å². The number of para-hydroxylation sites is 2. The highest BCUT2D eigenvalue weighted by Crippen LogP contribution is 2.34. The van der Waals surface area contributed by atoms with Gasteiger partial charge in [0, 0.05) is 30.4 Å². The Balaban J connectivity index is 1.41. The molecule has 1 aliphatic rings. The third-order valence-corrected chi connectivity index (χ3v) is 6.36. The Hall–Kier alpha value is -4.04. The Kier molecular flexibility index (Phi) is 6.05. The molecule has 3 aromatic carbocycles. The molecule has 36 heavy (non-hydrogen) atoms. The maximum atomic E-state index is 13.5. The van der Waals surface area contributed by atoms with Crippen LogP contribution in [0.4, 0.5) is 24.5 Å². The maximum absolute atomic E-state index is 13.5. The van der Waals surface area contributed by atoms with Gasteiger partial charge in [0.15, 0.2) is 0 Å². The lowest BCUT2D eigenvalue weighted by Gasteiger charge is -2.23. The molecular formula is C27H19ClF3N3O2. The molecule has 4 aromatic rings. The molecule has 0 bridgehead atoms. The van der Waals surface area contributed by atoms with Crippen LogP contribution in [-0.4, -0.2) is 22.9 Å². The van der Waals surface area contributed by atoms with Crippen molar-refractivity contribution in [2.45, 2.75) is 12.6 Å². The fraction of sp³-hybridized carbons (Fsp3) is 0.111. The number of anilines is 2. The molecule has 0 aliphatic carbocycles. The molecule has 2 heterocycles. The molecule has 1 aliphatic heterocycles. The Morgan fingerprint density at radius 3 is 2.36 bits per heavy atom. The summed E-state index contributed by atoms with van der Waals surface area (Å²) in [7, 11) is 0. The fourth-order valence-corrected chi connectivity index (χ4v) is 4.56. The van der Waals surface area contributed by atoms with Gasteiger partial charge in [-0.2, -0.15) is 13.2 Å². The second-order valence-corrected chi connectivity index (χ2v) is 8.66. The number of rotatable bonds is 3. The van der Waals surface area contributed by atoms with Gasteiger partial charge in [-0.05, 0) is 54.6 Å². The van der Waals surface area contributed by atoms with Crippen LogP contribution in [0.3, 0.4) is 0 Å². The van der Waals surface area contributed by atoms with Crippen LogP contribution in [0.2, 0.25) is 5.02 Å². The van der Waals surface area contributed by atoms with E-state index < -0.39 is 23.2 Å². The molecule has 0 fully saturated rings. The van der Waals surface area contributed by atoms with Crippen molar-refractivity contribution >= 4 is 34.8 Å². The van der Waals surface area contributed by atoms with Gasteiger partial charge < -0.3 is 14.8 Å². The van der Waals surface area contributed by atoms with E-state index in [1.165, 1.54) is 30.3 Å². The molecule has 0 saturated carbocycles. The topological polar surface area (TPSA) is 54.3 Å². The molecular weight excluding hydrogens is 491 g/mol. The SMILES string of the molecule is O=C(Nc1ccc(C(=O)N2CCc3cccn3-c3ccccc32)cc1Cl)c1ccccc1C(F)(F)F. The number of carbonyl (C=O) groups is 2. The summed E-state index contributed by atoms with van der Waals surface area (Å²) in [5.41, 5.74) is 1.52. The largest absolute Gasteiger partial charge is 0.417 e. The predicted molar refractivity (Wildman–Crippen MR) is 132 cm³/mol. The number of nitrogens with zero attached hydrogens (tertiary/aromatic N) is 2. The predicted octanol–water partition coefficient (Wildman–Crippen LogP) is 6.60. The van der Waals surface area contributed by atoms with Crippen LogP contribution in [0.25, 0.3) is 5.69 Å². The summed E-state index contributed by atoms with van der Waals surface area (Å²) < 4.78 is 41.9. The summed E-state index contributed by atoms with van der Waals surface area (Å²) in [6.45, 7) is 0.449. The first-order valence-electron chi connectivity index (χ1n) is 11.1. The van der Waals surface area contributed by atoms with E-state index in [1.54, 1.807) is 4.90 Å². The molecule has 0 saturated heterocycles. The highest BCUT2D eigenvalue weighted by Gasteiger charge is 2.35. The Bertz CT molecular complexity index is 1480. The summed E-state index contributed by atoms with van der Waals surface area (Å²) >= 11 is 6.35. The molecule has 0 radical (unpaired) electrons. The second kappa shape index (κ2) is 9.20. The zero-order valence-corrected chi connectivity index (χ0v) is 19.5. The van der Waals surface area contributed by atoms with Crippen LogP contribution < -0.4 is 10.2 Å². The van der Waals surface area contributed by atoms with Crippen molar-refractivity contribution in [3.05, 3.63) is 112 Å². The van der Waals surface area contributed by atoms with Gasteiger partial charge in [-0.3, -0.25) is 9.59 Å². The van der Waals surface area contributed by atoms with Crippen LogP contribution in [0.5, 0.6) is 0 Å². The molecule has 0 spiro atoms. The van der Waals surface area contributed by atoms with Crippen molar-refractivity contribution in [2.75, 3.05) is 16.8 Å². The molecule has 5 rings (SSSR count). The summed E-state index contributed by atoms with van der Waals surface area (Å²) in [6, 6.07) is 20.4. The molecule has 0 atom stereocenters. The molecule has 1 N–H and O–H groups in total. The number of alkyl halides is 3. The van der Waals surface area contributed by atoms with Crippen LogP contribution in [0.1, 0.15) is 32.0 Å². The van der Waals surface area contributed by atoms with Crippen LogP contribution in [0.15, 0.2) is 85.1 Å². The number of hydrogen-bond donors (Lipinski definition) is 1. The fourth-order valence-electron chi connectivity index (χ4n) is 4.33. The van der Waals surface area contributed by atoms with Crippen LogP contribution in [-0.2, 0) is 12.6 Å². The minimum atomic E-state index is -4.68. The number of carbonyl (C=O) groups excluding carboxylic acids is 2. The van der Waals surface area contributed by atoms with Crippen LogP contribution >= 0.6 is 11.6 Å². The van der Waals surface area contributed by atoms with Crippen molar-refractivity contribution in [1.82, 2.24) is 4.57 Å². The third kappa shape index (κ3) is 4.35. The molecule has 5 nitrogen and oxygen atoms in total. The number of fused-ring (bicyclic) bond motifs is 3. The standard InChI is InChI=1S/C27H19ClF3N3O2/c28-21-16-17(11-12-22(21)32-25(35)19-7-1-2-8-20(19)27(29,30)31)26(36)34-15-13-18-6-5-14-33(18)23-9-3-4-10-24(23)34/h1-12,14,16H,13,15H2,(H,32,35). The molecule has 0 unspecified atom stereocenters. The summed E-state index contributed by atoms with van der Waals surface area (Å²) in [6.07, 6.45) is -2.08. The number of amides is 2. The van der Waals surface area contributed by atoms with E-state index in [1.807, 2.05) is 47.2 Å². The average molecular weight is 510 g/mol. The lowest BCUT2D eigenvalue weighted by atomic mass is 10.1. The van der Waals surface area contributed by atoms with Gasteiger partial charge in [0.1, 0.15) is 0 Å². The lowest BCUT2D eigenvalue weighted by Crippen LogP contribution is -2.32. The van der Waals surface area contributed by atoms with Crippen molar-refractivity contribution in [3.63, 3.8) is 0 Å². The van der Waals surface area contributed by atoms with Crippen LogP contribution in [0, 0.1) is 0 Å². The minimum Gasteiger partial charge on any atom is -0.321 e. The van der Waals surface area contributed by atoms with Gasteiger partial charge in [0.25, 0.3) is 11.8 Å². The monoisotopic (exact) mass is 509 g/mol. The Morgan fingerprint density at radius 1 is 0.889 bits per heavy atom. The second-order valence-electron chi connectivity index (χ2n) is 8.26. The van der Waals surface area contributed by atoms with Gasteiger partial charge in [0.05, 0.1) is 33.2 Å². The van der Waals surface area contributed by atoms with Crippen molar-refractivity contribution in [2.24, 2.45) is 0 Å². The molecule has 2 amide bonds. The minimum absolute atomic E-state index is 0.0352. The normalized spacial score (nSPS) is 12.9. The van der Waals surface area contributed by atoms with E-state index in [-0.39, 0.29) is 22.2 Å². The Labute approximate surface area is 209 Å². The van der Waals surface area contributed by atoms with Crippen molar-refractivity contribution in [3.8, 4) is 5.69 Å². The number of hydrogen-bond acceptors (Lipinski definition) is 2. The summed E-state index contributed by atoms with van der Waals surface area (Å²) in [5.74, 6) is -1.23. The highest BCUT2D eigenvalue weighted by molar-refractivity contribution is 6.34. The zero-order chi connectivity index (χ0) is 25.4. The first-order valence-corrected chi connectivity index (χ1v) is 11.5. The van der Waals surface area contributed by atoms with E-state index in [0.717, 1.165) is 29.2 Å². The Morgan fingerprint density at radius 2 is 1.61 bits per heavy atom. The first kappa shape index (κ1) is 23.7. The van der Waals surface area contributed by atoms with Gasteiger partial charge in [-0.25, -0.2) is 0 Å². The summed E-state index contributed by atoms with van der Waals surface area (Å²) in [4.78, 5) is 27.8. The molecule has 182 valence electrons. The molecule has 1 aromatic heterocycles. The quantitative estimate of drug-likeness (QED) is 0.338. The van der Waals surface area contributed by atoms with E-state index in [9.17, 15) is 22.8 Å². The van der Waals surface area contributed by atoms with E-state index in [0.29, 0.717) is 13.0 Å². The first-order chi connectivity index (χ1) is 17.2. The number of nitrogens with one attached hydrogen (secondary N) is 1. The van der Waals surface area contributed by atoms with Gasteiger partial charge in [-0.15, -0.1) is 0 Å². The number of benzene rings is 3. The van der Waals surface area contributed by atoms with Gasteiger partial charge >= 0.3 is 6.18 Å². The van der Waals surface area contributed by atoms with Crippen molar-refractivity contribution in [1.29, 1.82) is 0 Å². The van der Waals surface area contributed by atoms with Crippen molar-refractivity contribution < 1.29 is 22.8 Å². The third-order valence-electron chi connectivity index (χ3n) is 6.04. The smallest absolute Gasteiger partial charge is 0.321 e. The zero-order valence-electron chi connectivity index (χ0n) is 18.7. The van der Waals surface area contributed by atoms with E-state index >= 15 is 0 Å². The number of halogens is 4. The van der Waals surface area contributed by atoms with E-state index in [2.05, 4.69) is 5.32 Å². The maximum Gasteiger partial charge on any atom is 0.417 e. The highest BCUT2D eigenvalue weighted by atomic mass is 35.5. The number of aromatic nitrogens is 1. The van der Waals surface area contributed by atoms with E-state index in [4.69, 9.17) is 11.6 Å². The lowest BCUT2D eigenvalue weighted by molar-refractivity contribution is -0.137. The molecule has 9 heteroatoms. The van der Waals surface area contributed by atoms with Gasteiger partial charge in [0.2, 0.25) is 0 Å². The average Bonchev–Trinajstić information content (AvgIpc) is 3.27.